The quantitative estimate of drug-likeness (QED) is 0.445. The molecule has 0 saturated carbocycles. The van der Waals surface area contributed by atoms with Crippen LogP contribution in [-0.2, 0) is 4.74 Å². The van der Waals surface area contributed by atoms with E-state index in [-0.39, 0.29) is 5.75 Å². The molecule has 1 aromatic carbocycles. The molecule has 3 aromatic rings. The minimum absolute atomic E-state index is 0.177. The van der Waals surface area contributed by atoms with Gasteiger partial charge in [-0.15, -0.1) is 11.3 Å². The maximum absolute atomic E-state index is 12.6. The van der Waals surface area contributed by atoms with Crippen molar-refractivity contribution in [1.29, 1.82) is 0 Å². The lowest BCUT2D eigenvalue weighted by Gasteiger charge is -2.28. The Labute approximate surface area is 187 Å². The number of aryl methyl sites for hydroxylation is 1. The molecule has 3 heterocycles. The number of morpholine rings is 1. The van der Waals surface area contributed by atoms with Gasteiger partial charge < -0.3 is 14.4 Å². The van der Waals surface area contributed by atoms with E-state index in [0.29, 0.717) is 29.5 Å². The number of halogens is 4. The van der Waals surface area contributed by atoms with Gasteiger partial charge >= 0.3 is 6.18 Å². The number of alkyl halides is 3. The van der Waals surface area contributed by atoms with Crippen LogP contribution in [0.5, 0.6) is 5.75 Å². The van der Waals surface area contributed by atoms with Crippen LogP contribution < -0.4 is 9.64 Å². The first-order valence-corrected chi connectivity index (χ1v) is 10.9. The summed E-state index contributed by atoms with van der Waals surface area (Å²) in [5.74, 6) is 0.177. The number of thiophene rings is 1. The van der Waals surface area contributed by atoms with E-state index in [1.54, 1.807) is 24.3 Å². The van der Waals surface area contributed by atoms with Crippen molar-refractivity contribution >= 4 is 27.9 Å². The monoisotopic (exact) mass is 468 g/mol. The first kappa shape index (κ1) is 21.9. The van der Waals surface area contributed by atoms with E-state index in [1.807, 2.05) is 30.3 Å². The highest BCUT2D eigenvalue weighted by Gasteiger charge is 2.29. The number of nitrogens with zero attached hydrogens (tertiary/aromatic N) is 2. The lowest BCUT2D eigenvalue weighted by atomic mass is 10.1. The minimum Gasteiger partial charge on any atom is -0.484 e. The molecule has 4 rings (SSSR count). The SMILES string of the molecule is Cc1cnc(-c2cc(-c3ccc(Cl)cc3)c(N3CCOCC3)s2)cc1OCC(F)(F)F. The van der Waals surface area contributed by atoms with Gasteiger partial charge in [-0.2, -0.15) is 13.2 Å². The van der Waals surface area contributed by atoms with Gasteiger partial charge in [0.25, 0.3) is 0 Å². The molecule has 1 fully saturated rings. The van der Waals surface area contributed by atoms with Gasteiger partial charge in [0.15, 0.2) is 6.61 Å². The zero-order valence-electron chi connectivity index (χ0n) is 16.7. The fraction of sp³-hybridized carbons (Fsp3) is 0.318. The van der Waals surface area contributed by atoms with Crippen LogP contribution >= 0.6 is 22.9 Å². The molecule has 0 radical (unpaired) electrons. The van der Waals surface area contributed by atoms with Crippen LogP contribution in [0.3, 0.4) is 0 Å². The molecule has 9 heteroatoms. The highest BCUT2D eigenvalue weighted by atomic mass is 35.5. The summed E-state index contributed by atoms with van der Waals surface area (Å²) >= 11 is 7.61. The Balaban J connectivity index is 1.72. The summed E-state index contributed by atoms with van der Waals surface area (Å²) in [6.07, 6.45) is -2.86. The van der Waals surface area contributed by atoms with Gasteiger partial charge in [0.05, 0.1) is 28.8 Å². The van der Waals surface area contributed by atoms with Crippen molar-refractivity contribution in [1.82, 2.24) is 4.98 Å². The Morgan fingerprint density at radius 3 is 2.55 bits per heavy atom. The zero-order chi connectivity index (χ0) is 22.0. The molecule has 1 saturated heterocycles. The molecular weight excluding hydrogens is 449 g/mol. The van der Waals surface area contributed by atoms with E-state index >= 15 is 0 Å². The summed E-state index contributed by atoms with van der Waals surface area (Å²) in [5, 5.41) is 1.72. The van der Waals surface area contributed by atoms with Crippen LogP contribution in [0.2, 0.25) is 5.02 Å². The number of hydrogen-bond donors (Lipinski definition) is 0. The summed E-state index contributed by atoms with van der Waals surface area (Å²) in [4.78, 5) is 7.56. The lowest BCUT2D eigenvalue weighted by molar-refractivity contribution is -0.153. The van der Waals surface area contributed by atoms with Gasteiger partial charge in [0.1, 0.15) is 5.75 Å². The Hall–Kier alpha value is -2.29. The summed E-state index contributed by atoms with van der Waals surface area (Å²) in [5.41, 5.74) is 3.16. The Kier molecular flexibility index (Phi) is 6.41. The van der Waals surface area contributed by atoms with Gasteiger partial charge in [0.2, 0.25) is 0 Å². The number of hydrogen-bond acceptors (Lipinski definition) is 5. The van der Waals surface area contributed by atoms with Crippen LogP contribution in [0.25, 0.3) is 21.7 Å². The van der Waals surface area contributed by atoms with Crippen LogP contribution in [0.1, 0.15) is 5.56 Å². The number of benzene rings is 1. The summed E-state index contributed by atoms with van der Waals surface area (Å²) < 4.78 is 48.3. The van der Waals surface area contributed by atoms with Gasteiger partial charge in [-0.25, -0.2) is 0 Å². The molecule has 1 aliphatic heterocycles. The number of anilines is 1. The number of rotatable bonds is 5. The lowest BCUT2D eigenvalue weighted by Crippen LogP contribution is -2.35. The Bertz CT molecular complexity index is 1050. The number of aromatic nitrogens is 1. The van der Waals surface area contributed by atoms with Gasteiger partial charge in [-0.05, 0) is 30.7 Å². The van der Waals surface area contributed by atoms with Gasteiger partial charge in [0, 0.05) is 41.5 Å². The smallest absolute Gasteiger partial charge is 0.422 e. The molecule has 0 atom stereocenters. The van der Waals surface area contributed by atoms with Crippen molar-refractivity contribution in [2.24, 2.45) is 0 Å². The fourth-order valence-electron chi connectivity index (χ4n) is 3.30. The average Bonchev–Trinajstić information content (AvgIpc) is 3.19. The Morgan fingerprint density at radius 2 is 1.87 bits per heavy atom. The second-order valence-corrected chi connectivity index (χ2v) is 8.64. The van der Waals surface area contributed by atoms with E-state index in [1.165, 1.54) is 6.20 Å². The molecule has 0 N–H and O–H groups in total. The topological polar surface area (TPSA) is 34.6 Å². The van der Waals surface area contributed by atoms with Crippen molar-refractivity contribution in [2.75, 3.05) is 37.8 Å². The molecule has 0 unspecified atom stereocenters. The van der Waals surface area contributed by atoms with Crippen LogP contribution in [0.4, 0.5) is 18.2 Å². The summed E-state index contributed by atoms with van der Waals surface area (Å²) in [6.45, 7) is 3.16. The average molecular weight is 469 g/mol. The third kappa shape index (κ3) is 5.31. The highest BCUT2D eigenvalue weighted by Crippen LogP contribution is 2.44. The number of ether oxygens (including phenoxy) is 2. The Morgan fingerprint density at radius 1 is 1.16 bits per heavy atom. The van der Waals surface area contributed by atoms with Crippen molar-refractivity contribution in [3.63, 3.8) is 0 Å². The van der Waals surface area contributed by atoms with Crippen LogP contribution in [0.15, 0.2) is 42.6 Å². The van der Waals surface area contributed by atoms with E-state index in [0.717, 1.165) is 34.1 Å². The summed E-state index contributed by atoms with van der Waals surface area (Å²) in [7, 11) is 0. The van der Waals surface area contributed by atoms with Gasteiger partial charge in [-0.1, -0.05) is 23.7 Å². The molecule has 0 spiro atoms. The molecule has 4 nitrogen and oxygen atoms in total. The maximum Gasteiger partial charge on any atom is 0.422 e. The normalized spacial score (nSPS) is 14.7. The maximum atomic E-state index is 12.6. The zero-order valence-corrected chi connectivity index (χ0v) is 18.3. The predicted octanol–water partition coefficient (Wildman–Crippen LogP) is 6.22. The largest absolute Gasteiger partial charge is 0.484 e. The van der Waals surface area contributed by atoms with Crippen LogP contribution in [-0.4, -0.2) is 44.1 Å². The second-order valence-electron chi connectivity index (χ2n) is 7.17. The van der Waals surface area contributed by atoms with Crippen molar-refractivity contribution in [2.45, 2.75) is 13.1 Å². The van der Waals surface area contributed by atoms with E-state index in [9.17, 15) is 13.2 Å². The molecule has 0 amide bonds. The third-order valence-corrected chi connectivity index (χ3v) is 6.33. The minimum atomic E-state index is -4.40. The molecular formula is C22H20ClF3N2O2S. The first-order chi connectivity index (χ1) is 14.8. The molecule has 1 aliphatic rings. The van der Waals surface area contributed by atoms with E-state index < -0.39 is 12.8 Å². The van der Waals surface area contributed by atoms with E-state index in [4.69, 9.17) is 21.1 Å². The predicted molar refractivity (Wildman–Crippen MR) is 117 cm³/mol. The molecule has 0 bridgehead atoms. The van der Waals surface area contributed by atoms with Crippen molar-refractivity contribution < 1.29 is 22.6 Å². The number of pyridine rings is 1. The van der Waals surface area contributed by atoms with Crippen molar-refractivity contribution in [3.05, 3.63) is 53.2 Å². The summed E-state index contributed by atoms with van der Waals surface area (Å²) in [6, 6.07) is 11.2. The standard InChI is InChI=1S/C22H20ClF3N2O2S/c1-14-12-27-18(11-19(14)30-13-22(24,25)26)20-10-17(15-2-4-16(23)5-3-15)21(31-20)28-6-8-29-9-7-28/h2-5,10-12H,6-9,13H2,1H3. The molecule has 0 aliphatic carbocycles. The van der Waals surface area contributed by atoms with Gasteiger partial charge in [-0.3, -0.25) is 4.98 Å². The first-order valence-electron chi connectivity index (χ1n) is 9.69. The molecule has 164 valence electrons. The van der Waals surface area contributed by atoms with Crippen LogP contribution in [0, 0.1) is 6.92 Å². The molecule has 31 heavy (non-hydrogen) atoms. The third-order valence-electron chi connectivity index (χ3n) is 4.86. The second kappa shape index (κ2) is 9.06. The fourth-order valence-corrected chi connectivity index (χ4v) is 4.63. The van der Waals surface area contributed by atoms with Crippen molar-refractivity contribution in [3.8, 4) is 27.4 Å². The highest BCUT2D eigenvalue weighted by molar-refractivity contribution is 7.20. The molecule has 2 aromatic heterocycles. The van der Waals surface area contributed by atoms with E-state index in [2.05, 4.69) is 9.88 Å².